The quantitative estimate of drug-likeness (QED) is 0.687. The second-order valence-electron chi connectivity index (χ2n) is 9.08. The summed E-state index contributed by atoms with van der Waals surface area (Å²) in [4.78, 5) is 21.8. The lowest BCUT2D eigenvalue weighted by Gasteiger charge is -2.36. The van der Waals surface area contributed by atoms with E-state index in [0.29, 0.717) is 24.6 Å². The first-order chi connectivity index (χ1) is 14.7. The molecule has 31 heavy (non-hydrogen) atoms. The molecule has 2 aromatic rings. The van der Waals surface area contributed by atoms with Crippen LogP contribution in [0.2, 0.25) is 0 Å². The Hall–Kier alpha value is -2.41. The van der Waals surface area contributed by atoms with Gasteiger partial charge < -0.3 is 9.80 Å². The molecular weight excluding hydrogens is 410 g/mol. The van der Waals surface area contributed by atoms with E-state index in [1.807, 2.05) is 42.3 Å². The van der Waals surface area contributed by atoms with Crippen LogP contribution in [0, 0.1) is 6.92 Å². The monoisotopic (exact) mass is 441 g/mol. The number of piperazine rings is 1. The van der Waals surface area contributed by atoms with Crippen molar-refractivity contribution < 1.29 is 13.2 Å². The Bertz CT molecular complexity index is 1050. The van der Waals surface area contributed by atoms with Crippen molar-refractivity contribution in [3.8, 4) is 0 Å². The van der Waals surface area contributed by atoms with Crippen LogP contribution in [0.5, 0.6) is 0 Å². The fourth-order valence-electron chi connectivity index (χ4n) is 4.37. The van der Waals surface area contributed by atoms with E-state index in [2.05, 4.69) is 17.9 Å². The van der Waals surface area contributed by atoms with Crippen molar-refractivity contribution in [2.75, 3.05) is 43.1 Å². The molecule has 2 heterocycles. The smallest absolute Gasteiger partial charge is 0.253 e. The van der Waals surface area contributed by atoms with Crippen LogP contribution in [-0.4, -0.2) is 62.4 Å². The number of pyridine rings is 1. The van der Waals surface area contributed by atoms with Crippen molar-refractivity contribution in [2.45, 2.75) is 38.5 Å². The topological polar surface area (TPSA) is 70.6 Å². The third-order valence-electron chi connectivity index (χ3n) is 6.27. The van der Waals surface area contributed by atoms with Crippen LogP contribution < -0.4 is 4.90 Å². The number of aromatic nitrogens is 1. The summed E-state index contributed by atoms with van der Waals surface area (Å²) in [5.41, 5.74) is 4.14. The van der Waals surface area contributed by atoms with Gasteiger partial charge in [0, 0.05) is 44.2 Å². The van der Waals surface area contributed by atoms with E-state index in [-0.39, 0.29) is 17.6 Å². The summed E-state index contributed by atoms with van der Waals surface area (Å²) in [6, 6.07) is 9.63. The molecular formula is C24H31N3O3S. The Morgan fingerprint density at radius 1 is 1.13 bits per heavy atom. The van der Waals surface area contributed by atoms with Gasteiger partial charge in [0.05, 0.1) is 5.75 Å². The fourth-order valence-corrected chi connectivity index (χ4v) is 5.47. The van der Waals surface area contributed by atoms with Crippen molar-refractivity contribution in [3.05, 3.63) is 58.8 Å². The summed E-state index contributed by atoms with van der Waals surface area (Å²) in [6.45, 7) is 6.88. The fraction of sp³-hybridized carbons (Fsp3) is 0.500. The van der Waals surface area contributed by atoms with Crippen LogP contribution in [0.1, 0.15) is 58.6 Å². The second kappa shape index (κ2) is 8.61. The number of nitrogens with zero attached hydrogens (tertiary/aromatic N) is 3. The van der Waals surface area contributed by atoms with Crippen LogP contribution in [0.4, 0.5) is 5.82 Å². The normalized spacial score (nSPS) is 18.2. The molecule has 6 nitrogen and oxygen atoms in total. The van der Waals surface area contributed by atoms with E-state index in [9.17, 15) is 13.2 Å². The molecule has 0 N–H and O–H groups in total. The van der Waals surface area contributed by atoms with Crippen molar-refractivity contribution >= 4 is 21.6 Å². The van der Waals surface area contributed by atoms with Crippen LogP contribution in [0.15, 0.2) is 36.5 Å². The van der Waals surface area contributed by atoms with Gasteiger partial charge in [0.15, 0.2) is 0 Å². The molecule has 1 amide bonds. The number of sulfone groups is 1. The molecule has 1 aliphatic heterocycles. The third-order valence-corrected chi connectivity index (χ3v) is 7.37. The Balaban J connectivity index is 1.36. The average Bonchev–Trinajstić information content (AvgIpc) is 3.58. The highest BCUT2D eigenvalue weighted by atomic mass is 32.2. The number of carbonyl (C=O) groups excluding carboxylic acids is 1. The lowest BCUT2D eigenvalue weighted by atomic mass is 10.0. The van der Waals surface area contributed by atoms with Gasteiger partial charge in [0.2, 0.25) is 0 Å². The standard InChI is InChI=1S/C24H31N3O3S/c1-17-14-22(20-6-7-20)15-25-23(17)26-10-12-27(13-11-26)24(28)21-8-4-19(5-9-21)18(2)16-31(3,29)30/h4-5,8-9,14-15,18,20H,6-7,10-13,16H2,1-3H3/t18-/m1/s1. The van der Waals surface area contributed by atoms with Crippen LogP contribution in [0.25, 0.3) is 0 Å². The number of rotatable bonds is 6. The number of hydrogen-bond acceptors (Lipinski definition) is 5. The van der Waals surface area contributed by atoms with E-state index in [1.54, 1.807) is 0 Å². The van der Waals surface area contributed by atoms with Crippen molar-refractivity contribution in [2.24, 2.45) is 0 Å². The molecule has 2 fully saturated rings. The molecule has 1 saturated heterocycles. The molecule has 166 valence electrons. The minimum atomic E-state index is -3.04. The van der Waals surface area contributed by atoms with Gasteiger partial charge in [-0.2, -0.15) is 0 Å². The Morgan fingerprint density at radius 2 is 1.77 bits per heavy atom. The highest BCUT2D eigenvalue weighted by molar-refractivity contribution is 7.90. The summed E-state index contributed by atoms with van der Waals surface area (Å²) in [5.74, 6) is 1.77. The molecule has 2 aliphatic rings. The largest absolute Gasteiger partial charge is 0.353 e. The minimum absolute atomic E-state index is 0.0238. The highest BCUT2D eigenvalue weighted by Crippen LogP contribution is 2.40. The summed E-state index contributed by atoms with van der Waals surface area (Å²) in [7, 11) is -3.04. The third kappa shape index (κ3) is 5.26. The van der Waals surface area contributed by atoms with E-state index in [1.165, 1.54) is 30.2 Å². The number of benzene rings is 1. The van der Waals surface area contributed by atoms with E-state index in [4.69, 9.17) is 4.98 Å². The minimum Gasteiger partial charge on any atom is -0.353 e. The molecule has 0 radical (unpaired) electrons. The lowest BCUT2D eigenvalue weighted by molar-refractivity contribution is 0.0746. The predicted octanol–water partition coefficient (Wildman–Crippen LogP) is 3.38. The number of hydrogen-bond donors (Lipinski definition) is 0. The SMILES string of the molecule is Cc1cc(C2CC2)cnc1N1CCN(C(=O)c2ccc([C@H](C)CS(C)(=O)=O)cc2)CC1. The maximum atomic E-state index is 12.9. The first-order valence-corrected chi connectivity index (χ1v) is 13.1. The zero-order chi connectivity index (χ0) is 22.2. The summed E-state index contributed by atoms with van der Waals surface area (Å²) >= 11 is 0. The van der Waals surface area contributed by atoms with Crippen molar-refractivity contribution in [3.63, 3.8) is 0 Å². The van der Waals surface area contributed by atoms with E-state index >= 15 is 0 Å². The molecule has 0 bridgehead atoms. The molecule has 0 spiro atoms. The first-order valence-electron chi connectivity index (χ1n) is 11.0. The molecule has 4 rings (SSSR count). The number of anilines is 1. The van der Waals surface area contributed by atoms with Crippen molar-refractivity contribution in [1.82, 2.24) is 9.88 Å². The first kappa shape index (κ1) is 21.8. The Labute approximate surface area is 185 Å². The molecule has 1 atom stereocenters. The number of amides is 1. The molecule has 1 saturated carbocycles. The Morgan fingerprint density at radius 3 is 2.32 bits per heavy atom. The Kier molecular flexibility index (Phi) is 6.06. The van der Waals surface area contributed by atoms with Crippen LogP contribution in [0.3, 0.4) is 0 Å². The number of aryl methyl sites for hydroxylation is 1. The summed E-state index contributed by atoms with van der Waals surface area (Å²) in [6.07, 6.45) is 5.82. The molecule has 1 aromatic heterocycles. The van der Waals surface area contributed by atoms with E-state index < -0.39 is 9.84 Å². The maximum absolute atomic E-state index is 12.9. The van der Waals surface area contributed by atoms with Gasteiger partial charge in [-0.3, -0.25) is 4.79 Å². The second-order valence-corrected chi connectivity index (χ2v) is 11.3. The van der Waals surface area contributed by atoms with E-state index in [0.717, 1.165) is 24.5 Å². The highest BCUT2D eigenvalue weighted by Gasteiger charge is 2.27. The van der Waals surface area contributed by atoms with Gasteiger partial charge in [-0.25, -0.2) is 13.4 Å². The molecule has 0 unspecified atom stereocenters. The molecule has 1 aromatic carbocycles. The zero-order valence-electron chi connectivity index (χ0n) is 18.5. The van der Waals surface area contributed by atoms with Crippen molar-refractivity contribution in [1.29, 1.82) is 0 Å². The summed E-state index contributed by atoms with van der Waals surface area (Å²) in [5, 5.41) is 0. The predicted molar refractivity (Wildman–Crippen MR) is 124 cm³/mol. The average molecular weight is 442 g/mol. The van der Waals surface area contributed by atoms with Crippen LogP contribution in [-0.2, 0) is 9.84 Å². The van der Waals surface area contributed by atoms with Gasteiger partial charge in [-0.1, -0.05) is 25.1 Å². The summed E-state index contributed by atoms with van der Waals surface area (Å²) < 4.78 is 23.1. The maximum Gasteiger partial charge on any atom is 0.253 e. The number of carbonyl (C=O) groups is 1. The van der Waals surface area contributed by atoms with Gasteiger partial charge in [-0.15, -0.1) is 0 Å². The molecule has 1 aliphatic carbocycles. The van der Waals surface area contributed by atoms with Gasteiger partial charge in [0.25, 0.3) is 5.91 Å². The van der Waals surface area contributed by atoms with Gasteiger partial charge >= 0.3 is 0 Å². The molecule has 7 heteroatoms. The lowest BCUT2D eigenvalue weighted by Crippen LogP contribution is -2.49. The van der Waals surface area contributed by atoms with Gasteiger partial charge in [0.1, 0.15) is 15.7 Å². The van der Waals surface area contributed by atoms with Crippen LogP contribution >= 0.6 is 0 Å². The zero-order valence-corrected chi connectivity index (χ0v) is 19.4. The van der Waals surface area contributed by atoms with Gasteiger partial charge in [-0.05, 0) is 60.4 Å².